The van der Waals surface area contributed by atoms with Crippen molar-refractivity contribution in [3.63, 3.8) is 0 Å². The summed E-state index contributed by atoms with van der Waals surface area (Å²) >= 11 is 0. The zero-order chi connectivity index (χ0) is 18.9. The van der Waals surface area contributed by atoms with Gasteiger partial charge in [-0.3, -0.25) is 4.79 Å². The van der Waals surface area contributed by atoms with Crippen molar-refractivity contribution in [3.8, 4) is 5.75 Å². The number of anilines is 1. The summed E-state index contributed by atoms with van der Waals surface area (Å²) in [6, 6.07) is 18.6. The molecule has 2 aromatic rings. The Kier molecular flexibility index (Phi) is 7.11. The SMILES string of the molecule is COc1ccc(N2CCN(C(=O)CNCCCc3ccccc3)CC2)cc1. The molecular formula is C22H29N3O2. The van der Waals surface area contributed by atoms with Crippen molar-refractivity contribution in [1.82, 2.24) is 10.2 Å². The Balaban J connectivity index is 1.33. The van der Waals surface area contributed by atoms with E-state index in [2.05, 4.69) is 46.6 Å². The first-order chi connectivity index (χ1) is 13.3. The van der Waals surface area contributed by atoms with Crippen molar-refractivity contribution in [2.75, 3.05) is 51.3 Å². The maximum absolute atomic E-state index is 12.4. The Labute approximate surface area is 161 Å². The van der Waals surface area contributed by atoms with Crippen LogP contribution in [0.5, 0.6) is 5.75 Å². The summed E-state index contributed by atoms with van der Waals surface area (Å²) in [5.41, 5.74) is 2.53. The zero-order valence-electron chi connectivity index (χ0n) is 16.1. The molecule has 0 saturated carbocycles. The Hall–Kier alpha value is -2.53. The highest BCUT2D eigenvalue weighted by Gasteiger charge is 2.20. The number of hydrogen-bond donors (Lipinski definition) is 1. The molecule has 5 heteroatoms. The van der Waals surface area contributed by atoms with E-state index in [1.807, 2.05) is 23.1 Å². The molecule has 5 nitrogen and oxygen atoms in total. The second kappa shape index (κ2) is 9.97. The van der Waals surface area contributed by atoms with Crippen molar-refractivity contribution in [2.24, 2.45) is 0 Å². The van der Waals surface area contributed by atoms with Gasteiger partial charge < -0.3 is 19.9 Å². The minimum absolute atomic E-state index is 0.198. The van der Waals surface area contributed by atoms with Crippen LogP contribution >= 0.6 is 0 Å². The maximum atomic E-state index is 12.4. The Morgan fingerprint density at radius 1 is 1.00 bits per heavy atom. The van der Waals surface area contributed by atoms with Crippen LogP contribution in [0.2, 0.25) is 0 Å². The van der Waals surface area contributed by atoms with Crippen molar-refractivity contribution >= 4 is 11.6 Å². The number of aryl methyl sites for hydroxylation is 1. The number of carbonyl (C=O) groups is 1. The number of methoxy groups -OCH3 is 1. The van der Waals surface area contributed by atoms with Gasteiger partial charge in [-0.05, 0) is 49.2 Å². The Morgan fingerprint density at radius 2 is 1.70 bits per heavy atom. The third kappa shape index (κ3) is 5.73. The number of ether oxygens (including phenoxy) is 1. The van der Waals surface area contributed by atoms with Gasteiger partial charge in [0.2, 0.25) is 5.91 Å². The standard InChI is InChI=1S/C22H29N3O2/c1-27-21-11-9-20(10-12-21)24-14-16-25(17-15-24)22(26)18-23-13-5-8-19-6-3-2-4-7-19/h2-4,6-7,9-12,23H,5,8,13-18H2,1H3. The van der Waals surface area contributed by atoms with Crippen LogP contribution in [0.25, 0.3) is 0 Å². The maximum Gasteiger partial charge on any atom is 0.236 e. The number of carbonyl (C=O) groups excluding carboxylic acids is 1. The van der Waals surface area contributed by atoms with Crippen LogP contribution in [-0.2, 0) is 11.2 Å². The van der Waals surface area contributed by atoms with Gasteiger partial charge >= 0.3 is 0 Å². The molecule has 0 spiro atoms. The molecule has 1 fully saturated rings. The summed E-state index contributed by atoms with van der Waals surface area (Å²) in [5.74, 6) is 1.06. The fourth-order valence-corrected chi connectivity index (χ4v) is 3.38. The molecule has 1 aliphatic heterocycles. The topological polar surface area (TPSA) is 44.8 Å². The van der Waals surface area contributed by atoms with Gasteiger partial charge in [0.25, 0.3) is 0 Å². The van der Waals surface area contributed by atoms with E-state index in [-0.39, 0.29) is 5.91 Å². The molecule has 0 aliphatic carbocycles. The minimum Gasteiger partial charge on any atom is -0.497 e. The van der Waals surface area contributed by atoms with E-state index < -0.39 is 0 Å². The largest absolute Gasteiger partial charge is 0.497 e. The van der Waals surface area contributed by atoms with E-state index >= 15 is 0 Å². The molecule has 0 aromatic heterocycles. The fourth-order valence-electron chi connectivity index (χ4n) is 3.38. The molecule has 0 bridgehead atoms. The number of nitrogens with zero attached hydrogens (tertiary/aromatic N) is 2. The highest BCUT2D eigenvalue weighted by atomic mass is 16.5. The highest BCUT2D eigenvalue weighted by Crippen LogP contribution is 2.20. The van der Waals surface area contributed by atoms with Gasteiger partial charge in [-0.1, -0.05) is 30.3 Å². The van der Waals surface area contributed by atoms with E-state index in [0.717, 1.165) is 51.3 Å². The average molecular weight is 367 g/mol. The third-order valence-corrected chi connectivity index (χ3v) is 5.01. The number of hydrogen-bond acceptors (Lipinski definition) is 4. The van der Waals surface area contributed by atoms with Gasteiger partial charge in [0.05, 0.1) is 13.7 Å². The average Bonchev–Trinajstić information content (AvgIpc) is 2.74. The molecular weight excluding hydrogens is 338 g/mol. The summed E-state index contributed by atoms with van der Waals surface area (Å²) in [6.07, 6.45) is 2.09. The fraction of sp³-hybridized carbons (Fsp3) is 0.409. The molecule has 1 heterocycles. The van der Waals surface area contributed by atoms with Crippen LogP contribution in [-0.4, -0.2) is 57.2 Å². The normalized spacial score (nSPS) is 14.3. The summed E-state index contributed by atoms with van der Waals surface area (Å²) in [6.45, 7) is 4.58. The molecule has 3 rings (SSSR count). The minimum atomic E-state index is 0.198. The number of nitrogens with one attached hydrogen (secondary N) is 1. The lowest BCUT2D eigenvalue weighted by molar-refractivity contribution is -0.130. The van der Waals surface area contributed by atoms with E-state index in [9.17, 15) is 4.79 Å². The monoisotopic (exact) mass is 367 g/mol. The number of rotatable bonds is 8. The number of benzene rings is 2. The summed E-state index contributed by atoms with van der Waals surface area (Å²) in [5, 5.41) is 3.29. The smallest absolute Gasteiger partial charge is 0.236 e. The van der Waals surface area contributed by atoms with E-state index in [0.29, 0.717) is 6.54 Å². The quantitative estimate of drug-likeness (QED) is 0.729. The van der Waals surface area contributed by atoms with E-state index in [1.54, 1.807) is 7.11 Å². The molecule has 0 radical (unpaired) electrons. The van der Waals surface area contributed by atoms with Crippen molar-refractivity contribution in [3.05, 3.63) is 60.2 Å². The molecule has 144 valence electrons. The lowest BCUT2D eigenvalue weighted by Crippen LogP contribution is -2.50. The first-order valence-corrected chi connectivity index (χ1v) is 9.67. The van der Waals surface area contributed by atoms with Crippen molar-refractivity contribution in [1.29, 1.82) is 0 Å². The Bertz CT molecular complexity index is 695. The van der Waals surface area contributed by atoms with Crippen LogP contribution in [0.4, 0.5) is 5.69 Å². The molecule has 1 saturated heterocycles. The molecule has 1 aliphatic rings. The first-order valence-electron chi connectivity index (χ1n) is 9.67. The summed E-state index contributed by atoms with van der Waals surface area (Å²) in [7, 11) is 1.68. The van der Waals surface area contributed by atoms with Crippen LogP contribution in [0.1, 0.15) is 12.0 Å². The molecule has 1 N–H and O–H groups in total. The summed E-state index contributed by atoms with van der Waals surface area (Å²) < 4.78 is 5.21. The number of amides is 1. The molecule has 0 unspecified atom stereocenters. The lowest BCUT2D eigenvalue weighted by Gasteiger charge is -2.36. The molecule has 2 aromatic carbocycles. The Morgan fingerprint density at radius 3 is 2.37 bits per heavy atom. The van der Waals surface area contributed by atoms with Gasteiger partial charge in [0.15, 0.2) is 0 Å². The highest BCUT2D eigenvalue weighted by molar-refractivity contribution is 5.78. The van der Waals surface area contributed by atoms with Crippen molar-refractivity contribution in [2.45, 2.75) is 12.8 Å². The van der Waals surface area contributed by atoms with Gasteiger partial charge in [-0.25, -0.2) is 0 Å². The van der Waals surface area contributed by atoms with Gasteiger partial charge in [0, 0.05) is 31.9 Å². The van der Waals surface area contributed by atoms with E-state index in [1.165, 1.54) is 11.3 Å². The lowest BCUT2D eigenvalue weighted by atomic mass is 10.1. The zero-order valence-corrected chi connectivity index (χ0v) is 16.1. The first kappa shape index (κ1) is 19.2. The predicted octanol–water partition coefficient (Wildman–Crippen LogP) is 2.57. The van der Waals surface area contributed by atoms with Gasteiger partial charge in [-0.2, -0.15) is 0 Å². The summed E-state index contributed by atoms with van der Waals surface area (Å²) in [4.78, 5) is 16.7. The van der Waals surface area contributed by atoms with Crippen LogP contribution in [0, 0.1) is 0 Å². The molecule has 27 heavy (non-hydrogen) atoms. The van der Waals surface area contributed by atoms with Crippen molar-refractivity contribution < 1.29 is 9.53 Å². The third-order valence-electron chi connectivity index (χ3n) is 5.01. The van der Waals surface area contributed by atoms with Crippen LogP contribution in [0.15, 0.2) is 54.6 Å². The van der Waals surface area contributed by atoms with Crippen LogP contribution in [0.3, 0.4) is 0 Å². The molecule has 0 atom stereocenters. The second-order valence-electron chi connectivity index (χ2n) is 6.83. The second-order valence-corrected chi connectivity index (χ2v) is 6.83. The van der Waals surface area contributed by atoms with Crippen LogP contribution < -0.4 is 15.0 Å². The predicted molar refractivity (Wildman–Crippen MR) is 109 cm³/mol. The number of piperazine rings is 1. The molecule has 1 amide bonds. The van der Waals surface area contributed by atoms with Gasteiger partial charge in [-0.15, -0.1) is 0 Å². The van der Waals surface area contributed by atoms with Gasteiger partial charge in [0.1, 0.15) is 5.75 Å². The van der Waals surface area contributed by atoms with E-state index in [4.69, 9.17) is 4.74 Å².